The van der Waals surface area contributed by atoms with Crippen molar-refractivity contribution in [3.63, 3.8) is 0 Å². The molecular weight excluding hydrogens is 286 g/mol. The fourth-order valence-corrected chi connectivity index (χ4v) is 2.68. The average Bonchev–Trinajstić information content (AvgIpc) is 2.48. The van der Waals surface area contributed by atoms with Crippen LogP contribution in [0.25, 0.3) is 0 Å². The van der Waals surface area contributed by atoms with Crippen molar-refractivity contribution in [1.29, 1.82) is 0 Å². The number of carboxylic acid groups (broad SMARTS) is 1. The fraction of sp³-hybridized carbons (Fsp3) is 0.467. The summed E-state index contributed by atoms with van der Waals surface area (Å²) in [5.74, 6) is -0.926. The van der Waals surface area contributed by atoms with Crippen molar-refractivity contribution in [3.8, 4) is 5.75 Å². The van der Waals surface area contributed by atoms with Crippen LogP contribution >= 0.6 is 0 Å². The van der Waals surface area contributed by atoms with Gasteiger partial charge in [-0.25, -0.2) is 0 Å². The van der Waals surface area contributed by atoms with Crippen molar-refractivity contribution in [3.05, 3.63) is 18.2 Å². The third-order valence-corrected chi connectivity index (χ3v) is 3.95. The van der Waals surface area contributed by atoms with Crippen LogP contribution in [0, 0.1) is 5.92 Å². The van der Waals surface area contributed by atoms with Gasteiger partial charge in [-0.15, -0.1) is 0 Å². The van der Waals surface area contributed by atoms with Crippen molar-refractivity contribution in [2.75, 3.05) is 37.8 Å². The summed E-state index contributed by atoms with van der Waals surface area (Å²) >= 11 is 0. The van der Waals surface area contributed by atoms with Crippen LogP contribution in [0.1, 0.15) is 12.8 Å². The minimum Gasteiger partial charge on any atom is -0.550 e. The topological polar surface area (TPSA) is 109 Å². The van der Waals surface area contributed by atoms with Gasteiger partial charge in [0.1, 0.15) is 5.75 Å². The molecule has 1 aromatic rings. The molecule has 2 rings (SSSR count). The maximum absolute atomic E-state index is 12.0. The largest absolute Gasteiger partial charge is 0.550 e. The maximum Gasteiger partial charge on any atom is 0.279 e. The number of benzene rings is 1. The van der Waals surface area contributed by atoms with Gasteiger partial charge in [0.15, 0.2) is 6.54 Å². The lowest BCUT2D eigenvalue weighted by Gasteiger charge is -2.29. The monoisotopic (exact) mass is 307 g/mol. The molecule has 0 atom stereocenters. The number of nitrogens with two attached hydrogens (primary N) is 1. The molecule has 1 aliphatic rings. The van der Waals surface area contributed by atoms with E-state index in [0.29, 0.717) is 49.6 Å². The van der Waals surface area contributed by atoms with Gasteiger partial charge in [0, 0.05) is 30.4 Å². The minimum absolute atomic E-state index is 0.119. The minimum atomic E-state index is -0.989. The number of likely N-dealkylation sites (tertiary alicyclic amines) is 1. The second-order valence-corrected chi connectivity index (χ2v) is 5.52. The molecule has 22 heavy (non-hydrogen) atoms. The number of amides is 1. The lowest BCUT2D eigenvalue weighted by molar-refractivity contribution is -0.897. The summed E-state index contributed by atoms with van der Waals surface area (Å²) in [5, 5.41) is 13.6. The van der Waals surface area contributed by atoms with E-state index >= 15 is 0 Å². The number of carbonyl (C=O) groups is 2. The lowest BCUT2D eigenvalue weighted by Crippen LogP contribution is -3.14. The Balaban J connectivity index is 1.83. The van der Waals surface area contributed by atoms with Crippen molar-refractivity contribution < 1.29 is 24.3 Å². The SMILES string of the molecule is COc1ccc(NC(=O)C[NH+]2CCC(C(=O)[O-])CC2)cc1N. The van der Waals surface area contributed by atoms with E-state index in [-0.39, 0.29) is 11.8 Å². The zero-order chi connectivity index (χ0) is 16.1. The fourth-order valence-electron chi connectivity index (χ4n) is 2.68. The molecule has 1 amide bonds. The first-order valence-corrected chi connectivity index (χ1v) is 7.27. The van der Waals surface area contributed by atoms with Crippen LogP contribution in [0.4, 0.5) is 11.4 Å². The molecular formula is C15H21N3O4. The van der Waals surface area contributed by atoms with E-state index in [1.165, 1.54) is 7.11 Å². The van der Waals surface area contributed by atoms with Gasteiger partial charge in [0.2, 0.25) is 0 Å². The number of piperidine rings is 1. The van der Waals surface area contributed by atoms with Crippen LogP contribution in [0.5, 0.6) is 5.75 Å². The molecule has 1 heterocycles. The molecule has 0 saturated carbocycles. The van der Waals surface area contributed by atoms with Crippen LogP contribution in [0.15, 0.2) is 18.2 Å². The Labute approximate surface area is 129 Å². The van der Waals surface area contributed by atoms with Gasteiger partial charge in [0.25, 0.3) is 5.91 Å². The lowest BCUT2D eigenvalue weighted by atomic mass is 9.97. The summed E-state index contributed by atoms with van der Waals surface area (Å²) in [7, 11) is 1.53. The number of aliphatic carboxylic acids is 1. The number of ether oxygens (including phenoxy) is 1. The second kappa shape index (κ2) is 7.13. The molecule has 7 nitrogen and oxygen atoms in total. The van der Waals surface area contributed by atoms with Gasteiger partial charge >= 0.3 is 0 Å². The van der Waals surface area contributed by atoms with Gasteiger partial charge in [0.05, 0.1) is 25.9 Å². The highest BCUT2D eigenvalue weighted by Crippen LogP contribution is 2.24. The third-order valence-electron chi connectivity index (χ3n) is 3.95. The highest BCUT2D eigenvalue weighted by Gasteiger charge is 2.24. The van der Waals surface area contributed by atoms with E-state index in [2.05, 4.69) is 5.32 Å². The van der Waals surface area contributed by atoms with Crippen molar-refractivity contribution in [2.45, 2.75) is 12.8 Å². The number of hydrogen-bond donors (Lipinski definition) is 3. The van der Waals surface area contributed by atoms with Crippen LogP contribution in [-0.2, 0) is 9.59 Å². The Bertz CT molecular complexity index is 554. The van der Waals surface area contributed by atoms with Crippen LogP contribution in [0.3, 0.4) is 0 Å². The summed E-state index contributed by atoms with van der Waals surface area (Å²) in [6.45, 7) is 1.64. The molecule has 120 valence electrons. The quantitative estimate of drug-likeness (QED) is 0.560. The van der Waals surface area contributed by atoms with Crippen molar-refractivity contribution >= 4 is 23.3 Å². The van der Waals surface area contributed by atoms with Crippen LogP contribution < -0.4 is 25.8 Å². The first kappa shape index (κ1) is 16.1. The molecule has 4 N–H and O–H groups in total. The summed E-state index contributed by atoms with van der Waals surface area (Å²) in [4.78, 5) is 23.9. The zero-order valence-electron chi connectivity index (χ0n) is 12.6. The number of rotatable bonds is 5. The summed E-state index contributed by atoms with van der Waals surface area (Å²) < 4.78 is 5.06. The number of nitrogens with one attached hydrogen (secondary N) is 2. The molecule has 0 aliphatic carbocycles. The molecule has 1 aliphatic heterocycles. The van der Waals surface area contributed by atoms with Crippen LogP contribution in [0.2, 0.25) is 0 Å². The molecule has 0 unspecified atom stereocenters. The zero-order valence-corrected chi connectivity index (χ0v) is 12.6. The van der Waals surface area contributed by atoms with Gasteiger partial charge < -0.3 is 30.6 Å². The van der Waals surface area contributed by atoms with E-state index in [1.54, 1.807) is 18.2 Å². The Kier molecular flexibility index (Phi) is 5.21. The van der Waals surface area contributed by atoms with Crippen LogP contribution in [-0.4, -0.2) is 38.6 Å². The molecule has 7 heteroatoms. The summed E-state index contributed by atoms with van der Waals surface area (Å²) in [6, 6.07) is 5.07. The summed E-state index contributed by atoms with van der Waals surface area (Å²) in [5.41, 5.74) is 6.87. The molecule has 0 spiro atoms. The molecule has 1 fully saturated rings. The number of nitrogen functional groups attached to an aromatic ring is 1. The number of quaternary nitrogens is 1. The van der Waals surface area contributed by atoms with E-state index in [4.69, 9.17) is 10.5 Å². The number of carboxylic acids is 1. The number of hydrogen-bond acceptors (Lipinski definition) is 5. The predicted molar refractivity (Wildman–Crippen MR) is 79.3 cm³/mol. The normalized spacial score (nSPS) is 21.1. The first-order valence-electron chi connectivity index (χ1n) is 7.27. The summed E-state index contributed by atoms with van der Waals surface area (Å²) in [6.07, 6.45) is 1.11. The Morgan fingerprint density at radius 1 is 1.41 bits per heavy atom. The molecule has 1 saturated heterocycles. The first-order chi connectivity index (χ1) is 10.5. The predicted octanol–water partition coefficient (Wildman–Crippen LogP) is -1.74. The highest BCUT2D eigenvalue weighted by molar-refractivity contribution is 5.92. The number of methoxy groups -OCH3 is 1. The van der Waals surface area contributed by atoms with Gasteiger partial charge in [-0.2, -0.15) is 0 Å². The number of anilines is 2. The van der Waals surface area contributed by atoms with Gasteiger partial charge in [-0.3, -0.25) is 4.79 Å². The Morgan fingerprint density at radius 2 is 2.09 bits per heavy atom. The van der Waals surface area contributed by atoms with E-state index < -0.39 is 5.97 Å². The van der Waals surface area contributed by atoms with E-state index in [0.717, 1.165) is 4.90 Å². The number of carbonyl (C=O) groups excluding carboxylic acids is 2. The standard InChI is InChI=1S/C15H21N3O4/c1-22-13-3-2-11(8-12(13)16)17-14(19)9-18-6-4-10(5-7-18)15(20)21/h2-3,8,10H,4-7,9,16H2,1H3,(H,17,19)(H,20,21). The average molecular weight is 307 g/mol. The Hall–Kier alpha value is -2.28. The third kappa shape index (κ3) is 4.11. The van der Waals surface area contributed by atoms with Gasteiger partial charge in [-0.05, 0) is 18.2 Å². The second-order valence-electron chi connectivity index (χ2n) is 5.52. The molecule has 0 radical (unpaired) electrons. The van der Waals surface area contributed by atoms with E-state index in [1.807, 2.05) is 0 Å². The highest BCUT2D eigenvalue weighted by atomic mass is 16.5. The maximum atomic E-state index is 12.0. The molecule has 0 aromatic heterocycles. The van der Waals surface area contributed by atoms with Crippen molar-refractivity contribution in [1.82, 2.24) is 0 Å². The van der Waals surface area contributed by atoms with Crippen molar-refractivity contribution in [2.24, 2.45) is 5.92 Å². The van der Waals surface area contributed by atoms with E-state index in [9.17, 15) is 14.7 Å². The smallest absolute Gasteiger partial charge is 0.279 e. The molecule has 0 bridgehead atoms. The molecule has 1 aromatic carbocycles. The Morgan fingerprint density at radius 3 is 2.64 bits per heavy atom. The van der Waals surface area contributed by atoms with Gasteiger partial charge in [-0.1, -0.05) is 0 Å².